The lowest BCUT2D eigenvalue weighted by Gasteiger charge is -2.10. The molecule has 7 heteroatoms. The Balaban J connectivity index is 2.73. The van der Waals surface area contributed by atoms with Crippen LogP contribution in [0.3, 0.4) is 0 Å². The SMILES string of the molecule is CC(C)NC(=O)Nc1cnnc(Cl)c1Cl. The van der Waals surface area contributed by atoms with E-state index in [1.165, 1.54) is 6.20 Å². The van der Waals surface area contributed by atoms with E-state index in [0.29, 0.717) is 5.69 Å². The number of nitrogens with zero attached hydrogens (tertiary/aromatic N) is 2. The fraction of sp³-hybridized carbons (Fsp3) is 0.375. The number of aromatic nitrogens is 2. The lowest BCUT2D eigenvalue weighted by atomic mass is 10.4. The van der Waals surface area contributed by atoms with Gasteiger partial charge in [-0.05, 0) is 13.8 Å². The molecule has 2 N–H and O–H groups in total. The van der Waals surface area contributed by atoms with Crippen LogP contribution in [0.15, 0.2) is 6.20 Å². The molecule has 15 heavy (non-hydrogen) atoms. The van der Waals surface area contributed by atoms with Crippen molar-refractivity contribution in [3.8, 4) is 0 Å². The molecule has 1 aromatic heterocycles. The van der Waals surface area contributed by atoms with Gasteiger partial charge in [0.25, 0.3) is 0 Å². The molecule has 2 amide bonds. The zero-order valence-electron chi connectivity index (χ0n) is 8.21. The van der Waals surface area contributed by atoms with Gasteiger partial charge in [0.1, 0.15) is 5.02 Å². The van der Waals surface area contributed by atoms with Gasteiger partial charge < -0.3 is 10.6 Å². The lowest BCUT2D eigenvalue weighted by molar-refractivity contribution is 0.250. The summed E-state index contributed by atoms with van der Waals surface area (Å²) in [5, 5.41) is 12.5. The standard InChI is InChI=1S/C8H10Cl2N4O/c1-4(2)12-8(15)13-5-3-11-14-7(10)6(5)9/h3-4H,1-2H3,(H2,12,13,14,15). The number of urea groups is 1. The molecule has 82 valence electrons. The maximum atomic E-state index is 11.3. The maximum absolute atomic E-state index is 11.3. The van der Waals surface area contributed by atoms with Crippen LogP contribution >= 0.6 is 23.2 Å². The van der Waals surface area contributed by atoms with Gasteiger partial charge in [0.2, 0.25) is 0 Å². The third-order valence-corrected chi connectivity index (χ3v) is 2.16. The molecule has 0 bridgehead atoms. The molecule has 0 spiro atoms. The summed E-state index contributed by atoms with van der Waals surface area (Å²) < 4.78 is 0. The van der Waals surface area contributed by atoms with Crippen molar-refractivity contribution < 1.29 is 4.79 Å². The topological polar surface area (TPSA) is 66.9 Å². The van der Waals surface area contributed by atoms with Gasteiger partial charge in [0.05, 0.1) is 11.9 Å². The van der Waals surface area contributed by atoms with Crippen LogP contribution in [-0.4, -0.2) is 22.3 Å². The van der Waals surface area contributed by atoms with Crippen molar-refractivity contribution in [3.05, 3.63) is 16.4 Å². The molecule has 0 saturated carbocycles. The van der Waals surface area contributed by atoms with Gasteiger partial charge in [0.15, 0.2) is 5.15 Å². The molecule has 1 aromatic rings. The van der Waals surface area contributed by atoms with E-state index in [9.17, 15) is 4.79 Å². The number of anilines is 1. The Labute approximate surface area is 97.2 Å². The number of halogens is 2. The van der Waals surface area contributed by atoms with E-state index in [4.69, 9.17) is 23.2 Å². The second-order valence-corrected chi connectivity index (χ2v) is 3.85. The van der Waals surface area contributed by atoms with E-state index >= 15 is 0 Å². The molecule has 0 saturated heterocycles. The summed E-state index contributed by atoms with van der Waals surface area (Å²) in [4.78, 5) is 11.3. The molecule has 0 aliphatic rings. The molecule has 0 fully saturated rings. The van der Waals surface area contributed by atoms with Crippen LogP contribution in [0.5, 0.6) is 0 Å². The molecule has 1 rings (SSSR count). The van der Waals surface area contributed by atoms with E-state index in [1.807, 2.05) is 13.8 Å². The van der Waals surface area contributed by atoms with Crippen molar-refractivity contribution >= 4 is 34.9 Å². The van der Waals surface area contributed by atoms with Crippen molar-refractivity contribution in [2.24, 2.45) is 0 Å². The summed E-state index contributed by atoms with van der Waals surface area (Å²) in [7, 11) is 0. The minimum absolute atomic E-state index is 0.0362. The van der Waals surface area contributed by atoms with Crippen molar-refractivity contribution in [1.82, 2.24) is 15.5 Å². The first-order valence-corrected chi connectivity index (χ1v) is 5.00. The summed E-state index contributed by atoms with van der Waals surface area (Å²) in [6, 6.07) is -0.329. The molecule has 5 nitrogen and oxygen atoms in total. The van der Waals surface area contributed by atoms with Gasteiger partial charge in [-0.2, -0.15) is 5.10 Å². The second kappa shape index (κ2) is 5.14. The third-order valence-electron chi connectivity index (χ3n) is 1.42. The minimum atomic E-state index is -0.365. The smallest absolute Gasteiger partial charge is 0.319 e. The minimum Gasteiger partial charge on any atom is -0.336 e. The number of carbonyl (C=O) groups excluding carboxylic acids is 1. The monoisotopic (exact) mass is 248 g/mol. The van der Waals surface area contributed by atoms with Gasteiger partial charge in [-0.15, -0.1) is 5.10 Å². The molecule has 1 heterocycles. The first kappa shape index (κ1) is 12.0. The van der Waals surface area contributed by atoms with Crippen molar-refractivity contribution in [2.75, 3.05) is 5.32 Å². The highest BCUT2D eigenvalue weighted by atomic mass is 35.5. The fourth-order valence-corrected chi connectivity index (χ4v) is 1.14. The van der Waals surface area contributed by atoms with Gasteiger partial charge in [-0.3, -0.25) is 0 Å². The van der Waals surface area contributed by atoms with Crippen molar-refractivity contribution in [3.63, 3.8) is 0 Å². The predicted molar refractivity (Wildman–Crippen MR) is 59.3 cm³/mol. The lowest BCUT2D eigenvalue weighted by Crippen LogP contribution is -2.34. The van der Waals surface area contributed by atoms with E-state index < -0.39 is 0 Å². The summed E-state index contributed by atoms with van der Waals surface area (Å²) in [6.07, 6.45) is 1.33. The van der Waals surface area contributed by atoms with Crippen LogP contribution < -0.4 is 10.6 Å². The number of carbonyl (C=O) groups is 1. The van der Waals surface area contributed by atoms with Crippen molar-refractivity contribution in [1.29, 1.82) is 0 Å². The van der Waals surface area contributed by atoms with Gasteiger partial charge in [0, 0.05) is 6.04 Å². The second-order valence-electron chi connectivity index (χ2n) is 3.12. The van der Waals surface area contributed by atoms with Gasteiger partial charge >= 0.3 is 6.03 Å². The fourth-order valence-electron chi connectivity index (χ4n) is 0.857. The number of nitrogens with one attached hydrogen (secondary N) is 2. The number of rotatable bonds is 2. The first-order valence-electron chi connectivity index (χ1n) is 4.25. The largest absolute Gasteiger partial charge is 0.336 e. The summed E-state index contributed by atoms with van der Waals surface area (Å²) in [6.45, 7) is 3.69. The molecular formula is C8H10Cl2N4O. The molecule has 0 unspecified atom stereocenters. The molecule has 0 atom stereocenters. The van der Waals surface area contributed by atoms with E-state index in [1.54, 1.807) is 0 Å². The van der Waals surface area contributed by atoms with E-state index in [2.05, 4.69) is 20.8 Å². The Bertz CT molecular complexity index is 370. The zero-order valence-corrected chi connectivity index (χ0v) is 9.73. The maximum Gasteiger partial charge on any atom is 0.319 e. The average molecular weight is 249 g/mol. The first-order chi connectivity index (χ1) is 7.00. The predicted octanol–water partition coefficient (Wildman–Crippen LogP) is 2.31. The Morgan fingerprint density at radius 3 is 2.73 bits per heavy atom. The number of hydrogen-bond acceptors (Lipinski definition) is 3. The van der Waals surface area contributed by atoms with Gasteiger partial charge in [-0.1, -0.05) is 23.2 Å². The normalized spacial score (nSPS) is 10.2. The highest BCUT2D eigenvalue weighted by Gasteiger charge is 2.10. The Kier molecular flexibility index (Phi) is 4.11. The molecule has 0 aliphatic carbocycles. The summed E-state index contributed by atoms with van der Waals surface area (Å²) >= 11 is 11.4. The summed E-state index contributed by atoms with van der Waals surface area (Å²) in [5.74, 6) is 0. The highest BCUT2D eigenvalue weighted by Crippen LogP contribution is 2.26. The zero-order chi connectivity index (χ0) is 11.4. The molecule has 0 aromatic carbocycles. The third kappa shape index (κ3) is 3.53. The van der Waals surface area contributed by atoms with E-state index in [-0.39, 0.29) is 22.2 Å². The highest BCUT2D eigenvalue weighted by molar-refractivity contribution is 6.43. The molecular weight excluding hydrogens is 239 g/mol. The van der Waals surface area contributed by atoms with Crippen LogP contribution in [-0.2, 0) is 0 Å². The van der Waals surface area contributed by atoms with Crippen LogP contribution in [0, 0.1) is 0 Å². The van der Waals surface area contributed by atoms with Crippen LogP contribution in [0.2, 0.25) is 10.2 Å². The summed E-state index contributed by atoms with van der Waals surface area (Å²) in [5.41, 5.74) is 0.329. The number of hydrogen-bond donors (Lipinski definition) is 2. The van der Waals surface area contributed by atoms with Gasteiger partial charge in [-0.25, -0.2) is 4.79 Å². The van der Waals surface area contributed by atoms with Crippen LogP contribution in [0.4, 0.5) is 10.5 Å². The Morgan fingerprint density at radius 1 is 1.47 bits per heavy atom. The average Bonchev–Trinajstić information content (AvgIpc) is 2.11. The molecule has 0 aliphatic heterocycles. The van der Waals surface area contributed by atoms with Crippen molar-refractivity contribution in [2.45, 2.75) is 19.9 Å². The van der Waals surface area contributed by atoms with Crippen LogP contribution in [0.25, 0.3) is 0 Å². The Hall–Kier alpha value is -1.07. The van der Waals surface area contributed by atoms with Crippen LogP contribution in [0.1, 0.15) is 13.8 Å². The van der Waals surface area contributed by atoms with E-state index in [0.717, 1.165) is 0 Å². The quantitative estimate of drug-likeness (QED) is 0.845. The molecule has 0 radical (unpaired) electrons. The number of amides is 2. The Morgan fingerprint density at radius 2 is 2.13 bits per heavy atom.